The summed E-state index contributed by atoms with van der Waals surface area (Å²) >= 11 is 0. The van der Waals surface area contributed by atoms with E-state index in [4.69, 9.17) is 0 Å². The lowest BCUT2D eigenvalue weighted by molar-refractivity contribution is -0.186. The monoisotopic (exact) mass is 422 g/mol. The van der Waals surface area contributed by atoms with Crippen LogP contribution in [0.1, 0.15) is 48.8 Å². The van der Waals surface area contributed by atoms with E-state index in [9.17, 15) is 9.59 Å². The van der Waals surface area contributed by atoms with Crippen LogP contribution in [0.2, 0.25) is 0 Å². The molecular weight excluding hydrogens is 396 g/mol. The number of rotatable bonds is 3. The first-order valence-corrected chi connectivity index (χ1v) is 11.6. The summed E-state index contributed by atoms with van der Waals surface area (Å²) in [7, 11) is 0. The first-order chi connectivity index (χ1) is 15.7. The molecule has 1 N–H and O–H groups in total. The third kappa shape index (κ3) is 2.22. The molecule has 3 aromatic rings. The van der Waals surface area contributed by atoms with Crippen LogP contribution in [-0.4, -0.2) is 22.8 Å². The van der Waals surface area contributed by atoms with E-state index in [1.54, 1.807) is 0 Å². The largest absolute Gasteiger partial charge is 0.323 e. The van der Waals surface area contributed by atoms with E-state index in [-0.39, 0.29) is 17.9 Å². The quantitative estimate of drug-likeness (QED) is 0.604. The fourth-order valence-corrected chi connectivity index (χ4v) is 6.46. The maximum atomic E-state index is 14.4. The third-order valence-electron chi connectivity index (χ3n) is 7.69. The van der Waals surface area contributed by atoms with Gasteiger partial charge in [0.15, 0.2) is 5.54 Å². The summed E-state index contributed by atoms with van der Waals surface area (Å²) in [5.74, 6) is -0.0646. The van der Waals surface area contributed by atoms with Crippen LogP contribution in [0.25, 0.3) is 0 Å². The molecule has 4 heteroatoms. The number of hydrogen-bond acceptors (Lipinski definition) is 2. The van der Waals surface area contributed by atoms with Crippen LogP contribution >= 0.6 is 0 Å². The first kappa shape index (κ1) is 19.3. The van der Waals surface area contributed by atoms with E-state index >= 15 is 0 Å². The lowest BCUT2D eigenvalue weighted by Crippen LogP contribution is -2.82. The van der Waals surface area contributed by atoms with Crippen molar-refractivity contribution in [1.82, 2.24) is 4.90 Å². The highest BCUT2D eigenvalue weighted by atomic mass is 16.2. The van der Waals surface area contributed by atoms with Crippen LogP contribution in [0.15, 0.2) is 84.9 Å². The summed E-state index contributed by atoms with van der Waals surface area (Å²) in [5, 5.41) is 3.14. The predicted molar refractivity (Wildman–Crippen MR) is 124 cm³/mol. The Morgan fingerprint density at radius 1 is 0.719 bits per heavy atom. The van der Waals surface area contributed by atoms with E-state index in [1.807, 2.05) is 89.8 Å². The van der Waals surface area contributed by atoms with Crippen LogP contribution in [-0.2, 0) is 20.5 Å². The Balaban J connectivity index is 1.69. The van der Waals surface area contributed by atoms with Gasteiger partial charge in [0.2, 0.25) is 5.91 Å². The molecule has 2 amide bonds. The van der Waals surface area contributed by atoms with Crippen molar-refractivity contribution >= 4 is 17.5 Å². The number of carbonyl (C=O) groups excluding carboxylic acids is 2. The minimum Gasteiger partial charge on any atom is -0.323 e. The fraction of sp³-hybridized carbons (Fsp3) is 0.286. The molecule has 0 radical (unpaired) electrons. The van der Waals surface area contributed by atoms with Crippen LogP contribution in [0.3, 0.4) is 0 Å². The number of anilines is 1. The zero-order chi connectivity index (χ0) is 21.8. The summed E-state index contributed by atoms with van der Waals surface area (Å²) in [6.07, 6.45) is 5.27. The van der Waals surface area contributed by atoms with Gasteiger partial charge in [-0.05, 0) is 30.0 Å². The number of hydrogen-bond donors (Lipinski definition) is 1. The normalized spacial score (nSPS) is 24.2. The average Bonchev–Trinajstić information content (AvgIpc) is 3.15. The first-order valence-electron chi connectivity index (χ1n) is 11.6. The van der Waals surface area contributed by atoms with Crippen molar-refractivity contribution in [2.24, 2.45) is 0 Å². The van der Waals surface area contributed by atoms with E-state index in [2.05, 4.69) is 5.32 Å². The molecule has 1 saturated carbocycles. The highest BCUT2D eigenvalue weighted by molar-refractivity contribution is 6.20. The second-order valence-corrected chi connectivity index (χ2v) is 9.16. The maximum Gasteiger partial charge on any atom is 0.256 e. The molecule has 1 aliphatic carbocycles. The molecule has 32 heavy (non-hydrogen) atoms. The Morgan fingerprint density at radius 3 is 1.91 bits per heavy atom. The minimum atomic E-state index is -1.09. The number of likely N-dealkylation sites (tertiary alicyclic amines) is 1. The molecule has 160 valence electrons. The summed E-state index contributed by atoms with van der Waals surface area (Å²) < 4.78 is 0. The Hall–Kier alpha value is -3.40. The number of carbonyl (C=O) groups is 2. The SMILES string of the molecule is O=C1N(C2CCCCC2)C2(C(=O)Nc3ccccc32)C1(c1ccccc1)c1ccccc1. The second-order valence-electron chi connectivity index (χ2n) is 9.16. The van der Waals surface area contributed by atoms with Gasteiger partial charge in [-0.25, -0.2) is 0 Å². The zero-order valence-electron chi connectivity index (χ0n) is 18.0. The van der Waals surface area contributed by atoms with Gasteiger partial charge in [0.25, 0.3) is 5.91 Å². The minimum absolute atomic E-state index is 0.0358. The molecule has 1 spiro atoms. The smallest absolute Gasteiger partial charge is 0.256 e. The number of nitrogens with one attached hydrogen (secondary N) is 1. The van der Waals surface area contributed by atoms with Gasteiger partial charge in [-0.15, -0.1) is 0 Å². The van der Waals surface area contributed by atoms with Crippen molar-refractivity contribution in [3.63, 3.8) is 0 Å². The number of β-lactam (4-membered cyclic amide) rings is 1. The van der Waals surface area contributed by atoms with Crippen molar-refractivity contribution < 1.29 is 9.59 Å². The average molecular weight is 423 g/mol. The van der Waals surface area contributed by atoms with Gasteiger partial charge in [-0.1, -0.05) is 98.1 Å². The lowest BCUT2D eigenvalue weighted by atomic mass is 9.50. The fourth-order valence-electron chi connectivity index (χ4n) is 6.46. The van der Waals surface area contributed by atoms with E-state index in [0.29, 0.717) is 0 Å². The summed E-state index contributed by atoms with van der Waals surface area (Å²) in [4.78, 5) is 30.5. The molecule has 0 aromatic heterocycles. The maximum absolute atomic E-state index is 14.4. The summed E-state index contributed by atoms with van der Waals surface area (Å²) in [5.41, 5.74) is 1.27. The predicted octanol–water partition coefficient (Wildman–Crippen LogP) is 5.00. The van der Waals surface area contributed by atoms with E-state index in [1.165, 1.54) is 6.42 Å². The van der Waals surface area contributed by atoms with Gasteiger partial charge in [0.1, 0.15) is 5.41 Å². The van der Waals surface area contributed by atoms with Gasteiger partial charge < -0.3 is 10.2 Å². The van der Waals surface area contributed by atoms with Crippen molar-refractivity contribution in [3.05, 3.63) is 102 Å². The molecular formula is C28H26N2O2. The van der Waals surface area contributed by atoms with Crippen molar-refractivity contribution in [2.45, 2.75) is 49.1 Å². The lowest BCUT2D eigenvalue weighted by Gasteiger charge is -2.65. The Labute approximate surface area is 188 Å². The van der Waals surface area contributed by atoms with Crippen molar-refractivity contribution in [1.29, 1.82) is 0 Å². The molecule has 1 atom stereocenters. The summed E-state index contributed by atoms with van der Waals surface area (Å²) in [6, 6.07) is 27.7. The van der Waals surface area contributed by atoms with Gasteiger partial charge in [0.05, 0.1) is 0 Å². The van der Waals surface area contributed by atoms with Crippen LogP contribution in [0.4, 0.5) is 5.69 Å². The Kier molecular flexibility index (Phi) is 4.26. The third-order valence-corrected chi connectivity index (χ3v) is 7.69. The van der Waals surface area contributed by atoms with Gasteiger partial charge in [0, 0.05) is 17.3 Å². The molecule has 0 bridgehead atoms. The summed E-state index contributed by atoms with van der Waals surface area (Å²) in [6.45, 7) is 0. The molecule has 2 fully saturated rings. The Morgan fingerprint density at radius 2 is 1.28 bits per heavy atom. The molecule has 3 aromatic carbocycles. The standard InChI is InChI=1S/C28H26N2O2/c31-25-28(23-18-10-11-19-24(23)29-25)27(20-12-4-1-5-13-20,21-14-6-2-7-15-21)26(32)30(28)22-16-8-3-9-17-22/h1-2,4-7,10-15,18-19,22H,3,8-9,16-17H2,(H,29,31). The molecule has 1 saturated heterocycles. The van der Waals surface area contributed by atoms with Crippen LogP contribution in [0.5, 0.6) is 0 Å². The molecule has 1 unspecified atom stereocenters. The van der Waals surface area contributed by atoms with Crippen molar-refractivity contribution in [3.8, 4) is 0 Å². The molecule has 3 aliphatic rings. The topological polar surface area (TPSA) is 49.4 Å². The number of amides is 2. The molecule has 6 rings (SSSR count). The van der Waals surface area contributed by atoms with Gasteiger partial charge in [-0.3, -0.25) is 9.59 Å². The van der Waals surface area contributed by atoms with Crippen molar-refractivity contribution in [2.75, 3.05) is 5.32 Å². The number of fused-ring (bicyclic) bond motifs is 2. The molecule has 4 nitrogen and oxygen atoms in total. The Bertz CT molecular complexity index is 1140. The highest BCUT2D eigenvalue weighted by Crippen LogP contribution is 2.65. The zero-order valence-corrected chi connectivity index (χ0v) is 18.0. The number of nitrogens with zero attached hydrogens (tertiary/aromatic N) is 1. The van der Waals surface area contributed by atoms with Crippen LogP contribution in [0, 0.1) is 0 Å². The van der Waals surface area contributed by atoms with Gasteiger partial charge >= 0.3 is 0 Å². The molecule has 2 aliphatic heterocycles. The van der Waals surface area contributed by atoms with Crippen LogP contribution < -0.4 is 5.32 Å². The van der Waals surface area contributed by atoms with Gasteiger partial charge in [-0.2, -0.15) is 0 Å². The number of benzene rings is 3. The second kappa shape index (κ2) is 7.06. The van der Waals surface area contributed by atoms with E-state index < -0.39 is 11.0 Å². The van der Waals surface area contributed by atoms with E-state index in [0.717, 1.165) is 48.1 Å². The molecule has 2 heterocycles. The number of para-hydroxylation sites is 1. The highest BCUT2D eigenvalue weighted by Gasteiger charge is 2.79.